The minimum atomic E-state index is 0.946. The van der Waals surface area contributed by atoms with Crippen molar-refractivity contribution in [3.05, 3.63) is 146 Å². The highest BCUT2D eigenvalue weighted by Crippen LogP contribution is 2.38. The standard InChI is InChI=1S/C37H24N2/c1-2-8-25(9-3-1)30-20-21-36-38-35(24-39(36)23-30)28-17-14-27(15-18-28)34-22-29-19-16-26-10-4-5-11-31(26)37(29)33-13-7-6-12-32(33)34/h1-24H. The Labute approximate surface area is 226 Å². The second kappa shape index (κ2) is 8.68. The summed E-state index contributed by atoms with van der Waals surface area (Å²) in [6, 6.07) is 47.8. The lowest BCUT2D eigenvalue weighted by molar-refractivity contribution is 1.19. The average Bonchev–Trinajstić information content (AvgIpc) is 3.44. The first-order valence-electron chi connectivity index (χ1n) is 13.3. The van der Waals surface area contributed by atoms with Crippen LogP contribution in [0.25, 0.3) is 71.5 Å². The highest BCUT2D eigenvalue weighted by Gasteiger charge is 2.12. The third-order valence-electron chi connectivity index (χ3n) is 7.80. The van der Waals surface area contributed by atoms with Crippen LogP contribution in [0.5, 0.6) is 0 Å². The van der Waals surface area contributed by atoms with E-state index in [9.17, 15) is 0 Å². The molecule has 0 radical (unpaired) electrons. The zero-order chi connectivity index (χ0) is 25.8. The minimum absolute atomic E-state index is 0.946. The van der Waals surface area contributed by atoms with Crippen LogP contribution in [0.4, 0.5) is 0 Å². The zero-order valence-corrected chi connectivity index (χ0v) is 21.3. The lowest BCUT2D eigenvalue weighted by Crippen LogP contribution is -1.86. The number of rotatable bonds is 3. The Balaban J connectivity index is 1.22. The van der Waals surface area contributed by atoms with E-state index in [1.807, 2.05) is 6.07 Å². The van der Waals surface area contributed by atoms with Crippen molar-refractivity contribution in [3.63, 3.8) is 0 Å². The summed E-state index contributed by atoms with van der Waals surface area (Å²) in [5, 5.41) is 7.73. The first kappa shape index (κ1) is 21.8. The van der Waals surface area contributed by atoms with E-state index in [1.54, 1.807) is 0 Å². The number of fused-ring (bicyclic) bond motifs is 6. The number of pyridine rings is 1. The molecule has 2 heteroatoms. The molecule has 182 valence electrons. The van der Waals surface area contributed by atoms with E-state index < -0.39 is 0 Å². The molecule has 0 N–H and O–H groups in total. The summed E-state index contributed by atoms with van der Waals surface area (Å²) in [5.41, 5.74) is 7.87. The van der Waals surface area contributed by atoms with Crippen molar-refractivity contribution >= 4 is 38.0 Å². The van der Waals surface area contributed by atoms with Gasteiger partial charge in [0.05, 0.1) is 5.69 Å². The van der Waals surface area contributed by atoms with E-state index in [1.165, 1.54) is 54.6 Å². The molecule has 0 saturated heterocycles. The summed E-state index contributed by atoms with van der Waals surface area (Å²) < 4.78 is 2.12. The molecule has 0 aliphatic rings. The average molecular weight is 497 g/mol. The van der Waals surface area contributed by atoms with Crippen molar-refractivity contribution in [2.45, 2.75) is 0 Å². The van der Waals surface area contributed by atoms with Crippen LogP contribution in [-0.4, -0.2) is 9.38 Å². The highest BCUT2D eigenvalue weighted by atomic mass is 15.0. The first-order chi connectivity index (χ1) is 19.3. The van der Waals surface area contributed by atoms with Crippen LogP contribution in [-0.2, 0) is 0 Å². The monoisotopic (exact) mass is 496 g/mol. The lowest BCUT2D eigenvalue weighted by Gasteiger charge is -2.13. The molecule has 0 atom stereocenters. The third kappa shape index (κ3) is 3.61. The fourth-order valence-corrected chi connectivity index (χ4v) is 5.87. The molecule has 0 saturated carbocycles. The van der Waals surface area contributed by atoms with Gasteiger partial charge in [0, 0.05) is 18.0 Å². The van der Waals surface area contributed by atoms with Crippen LogP contribution < -0.4 is 0 Å². The van der Waals surface area contributed by atoms with Crippen LogP contribution in [0.3, 0.4) is 0 Å². The molecule has 6 aromatic carbocycles. The number of benzene rings is 6. The van der Waals surface area contributed by atoms with Gasteiger partial charge in [-0.3, -0.25) is 0 Å². The maximum atomic E-state index is 4.90. The molecule has 0 fully saturated rings. The van der Waals surface area contributed by atoms with E-state index in [2.05, 4.69) is 144 Å². The molecule has 8 rings (SSSR count). The molecule has 2 aromatic heterocycles. The summed E-state index contributed by atoms with van der Waals surface area (Å²) >= 11 is 0. The second-order valence-corrected chi connectivity index (χ2v) is 10.1. The Morgan fingerprint density at radius 1 is 0.436 bits per heavy atom. The molecule has 2 heterocycles. The van der Waals surface area contributed by atoms with E-state index in [0.29, 0.717) is 0 Å². The van der Waals surface area contributed by atoms with Crippen LogP contribution in [0.2, 0.25) is 0 Å². The van der Waals surface area contributed by atoms with Crippen LogP contribution in [0.15, 0.2) is 146 Å². The first-order valence-corrected chi connectivity index (χ1v) is 13.3. The van der Waals surface area contributed by atoms with Gasteiger partial charge in [0.1, 0.15) is 5.65 Å². The maximum Gasteiger partial charge on any atom is 0.137 e. The van der Waals surface area contributed by atoms with E-state index >= 15 is 0 Å². The number of imidazole rings is 1. The molecule has 0 aliphatic heterocycles. The quantitative estimate of drug-likeness (QED) is 0.223. The van der Waals surface area contributed by atoms with Crippen molar-refractivity contribution in [2.24, 2.45) is 0 Å². The third-order valence-corrected chi connectivity index (χ3v) is 7.80. The Morgan fingerprint density at radius 2 is 1.10 bits per heavy atom. The molecular weight excluding hydrogens is 472 g/mol. The maximum absolute atomic E-state index is 4.90. The van der Waals surface area contributed by atoms with Crippen LogP contribution >= 0.6 is 0 Å². The van der Waals surface area contributed by atoms with Gasteiger partial charge in [0.25, 0.3) is 0 Å². The van der Waals surface area contributed by atoms with Gasteiger partial charge in [-0.05, 0) is 72.8 Å². The molecule has 0 unspecified atom stereocenters. The summed E-state index contributed by atoms with van der Waals surface area (Å²) in [6.07, 6.45) is 4.27. The van der Waals surface area contributed by atoms with Crippen LogP contribution in [0.1, 0.15) is 0 Å². The predicted molar refractivity (Wildman–Crippen MR) is 164 cm³/mol. The number of hydrogen-bond donors (Lipinski definition) is 0. The molecule has 0 bridgehead atoms. The molecule has 8 aromatic rings. The molecule has 39 heavy (non-hydrogen) atoms. The topological polar surface area (TPSA) is 17.3 Å². The minimum Gasteiger partial charge on any atom is -0.306 e. The van der Waals surface area contributed by atoms with Gasteiger partial charge in [-0.25, -0.2) is 4.98 Å². The Hall–Kier alpha value is -5.21. The number of nitrogens with zero attached hydrogens (tertiary/aromatic N) is 2. The fraction of sp³-hybridized carbons (Fsp3) is 0. The van der Waals surface area contributed by atoms with Gasteiger partial charge < -0.3 is 4.40 Å². The van der Waals surface area contributed by atoms with Gasteiger partial charge >= 0.3 is 0 Å². The summed E-state index contributed by atoms with van der Waals surface area (Å²) in [5.74, 6) is 0. The lowest BCUT2D eigenvalue weighted by atomic mass is 9.90. The molecule has 0 amide bonds. The summed E-state index contributed by atoms with van der Waals surface area (Å²) in [4.78, 5) is 4.90. The fourth-order valence-electron chi connectivity index (χ4n) is 5.87. The van der Waals surface area contributed by atoms with E-state index in [4.69, 9.17) is 4.98 Å². The van der Waals surface area contributed by atoms with Crippen molar-refractivity contribution < 1.29 is 0 Å². The van der Waals surface area contributed by atoms with Crippen LogP contribution in [0, 0.1) is 0 Å². The van der Waals surface area contributed by atoms with Crippen molar-refractivity contribution in [1.82, 2.24) is 9.38 Å². The summed E-state index contributed by atoms with van der Waals surface area (Å²) in [6.45, 7) is 0. The number of hydrogen-bond acceptors (Lipinski definition) is 1. The molecule has 2 nitrogen and oxygen atoms in total. The summed E-state index contributed by atoms with van der Waals surface area (Å²) in [7, 11) is 0. The second-order valence-electron chi connectivity index (χ2n) is 10.1. The highest BCUT2D eigenvalue weighted by molar-refractivity contribution is 6.23. The molecule has 0 spiro atoms. The molecular formula is C37H24N2. The van der Waals surface area contributed by atoms with Crippen molar-refractivity contribution in [1.29, 1.82) is 0 Å². The van der Waals surface area contributed by atoms with Gasteiger partial charge in [-0.2, -0.15) is 0 Å². The smallest absolute Gasteiger partial charge is 0.137 e. The molecule has 0 aliphatic carbocycles. The zero-order valence-electron chi connectivity index (χ0n) is 21.3. The van der Waals surface area contributed by atoms with E-state index in [0.717, 1.165) is 16.9 Å². The number of aromatic nitrogens is 2. The van der Waals surface area contributed by atoms with E-state index in [-0.39, 0.29) is 0 Å². The SMILES string of the molecule is c1ccc(-c2ccc3nc(-c4ccc(-c5cc6ccc7ccccc7c6c6ccccc56)cc4)cn3c2)cc1. The Morgan fingerprint density at radius 3 is 1.95 bits per heavy atom. The Kier molecular flexibility index (Phi) is 4.86. The van der Waals surface area contributed by atoms with Gasteiger partial charge in [0.2, 0.25) is 0 Å². The predicted octanol–water partition coefficient (Wildman–Crippen LogP) is 9.79. The van der Waals surface area contributed by atoms with Gasteiger partial charge in [-0.1, -0.05) is 115 Å². The Bertz CT molecular complexity index is 2150. The van der Waals surface area contributed by atoms with Crippen molar-refractivity contribution in [2.75, 3.05) is 0 Å². The van der Waals surface area contributed by atoms with Gasteiger partial charge in [0.15, 0.2) is 0 Å². The normalized spacial score (nSPS) is 11.6. The van der Waals surface area contributed by atoms with Crippen molar-refractivity contribution in [3.8, 4) is 33.5 Å². The van der Waals surface area contributed by atoms with Gasteiger partial charge in [-0.15, -0.1) is 0 Å². The largest absolute Gasteiger partial charge is 0.306 e.